The van der Waals surface area contributed by atoms with E-state index in [2.05, 4.69) is 15.3 Å². The second kappa shape index (κ2) is 9.93. The van der Waals surface area contributed by atoms with E-state index in [0.29, 0.717) is 34.2 Å². The Balaban J connectivity index is 1.59. The van der Waals surface area contributed by atoms with Crippen LogP contribution in [0.1, 0.15) is 29.8 Å². The number of rotatable bonds is 7. The van der Waals surface area contributed by atoms with Gasteiger partial charge in [0.2, 0.25) is 0 Å². The second-order valence-corrected chi connectivity index (χ2v) is 8.15. The molecule has 1 aliphatic heterocycles. The van der Waals surface area contributed by atoms with E-state index < -0.39 is 4.92 Å². The third kappa shape index (κ3) is 4.98. The molecule has 4 rings (SSSR count). The molecule has 9 heteroatoms. The largest absolute Gasteiger partial charge is 0.349 e. The summed E-state index contributed by atoms with van der Waals surface area (Å²) in [5.41, 5.74) is 2.13. The van der Waals surface area contributed by atoms with Crippen molar-refractivity contribution in [3.8, 4) is 16.9 Å². The Morgan fingerprint density at radius 2 is 1.81 bits per heavy atom. The molecule has 1 fully saturated rings. The van der Waals surface area contributed by atoms with E-state index in [9.17, 15) is 14.9 Å². The van der Waals surface area contributed by atoms with Crippen LogP contribution in [0.25, 0.3) is 16.9 Å². The highest BCUT2D eigenvalue weighted by molar-refractivity contribution is 6.32. The lowest BCUT2D eigenvalue weighted by Crippen LogP contribution is -2.38. The van der Waals surface area contributed by atoms with Crippen molar-refractivity contribution in [2.24, 2.45) is 0 Å². The Hall–Kier alpha value is -3.23. The van der Waals surface area contributed by atoms with Crippen molar-refractivity contribution < 1.29 is 9.72 Å². The summed E-state index contributed by atoms with van der Waals surface area (Å²) in [5, 5.41) is 19.0. The van der Waals surface area contributed by atoms with Gasteiger partial charge in [-0.3, -0.25) is 14.9 Å². The van der Waals surface area contributed by atoms with E-state index in [4.69, 9.17) is 11.6 Å². The van der Waals surface area contributed by atoms with Crippen molar-refractivity contribution in [2.45, 2.75) is 19.3 Å². The van der Waals surface area contributed by atoms with Crippen LogP contribution >= 0.6 is 11.6 Å². The molecule has 32 heavy (non-hydrogen) atoms. The van der Waals surface area contributed by atoms with Crippen LogP contribution in [-0.2, 0) is 0 Å². The molecule has 2 heterocycles. The van der Waals surface area contributed by atoms with E-state index in [1.807, 2.05) is 12.1 Å². The molecule has 166 valence electrons. The number of para-hydroxylation sites is 1. The van der Waals surface area contributed by atoms with Crippen molar-refractivity contribution in [3.63, 3.8) is 0 Å². The van der Waals surface area contributed by atoms with Gasteiger partial charge in [0.1, 0.15) is 5.69 Å². The number of non-ortho nitro benzene ring substituents is 1. The SMILES string of the molecule is O=C(NCCN1CCCCC1)c1cc(-c2ccc([N+](=O)[O-])cc2)nn1-c1ccccc1Cl. The number of likely N-dealkylation sites (tertiary alicyclic amines) is 1. The fraction of sp³-hybridized carbons (Fsp3) is 0.304. The van der Waals surface area contributed by atoms with Crippen molar-refractivity contribution in [3.05, 3.63) is 75.4 Å². The van der Waals surface area contributed by atoms with Gasteiger partial charge in [-0.2, -0.15) is 5.10 Å². The molecule has 2 aromatic carbocycles. The fourth-order valence-electron chi connectivity index (χ4n) is 3.85. The highest BCUT2D eigenvalue weighted by Crippen LogP contribution is 2.26. The molecule has 1 aromatic heterocycles. The van der Waals surface area contributed by atoms with E-state index in [1.54, 1.807) is 30.3 Å². The number of piperidine rings is 1. The van der Waals surface area contributed by atoms with Gasteiger partial charge < -0.3 is 10.2 Å². The molecule has 0 atom stereocenters. The molecule has 1 saturated heterocycles. The lowest BCUT2D eigenvalue weighted by atomic mass is 10.1. The van der Waals surface area contributed by atoms with Crippen molar-refractivity contribution in [2.75, 3.05) is 26.2 Å². The number of nitro benzene ring substituents is 1. The number of amides is 1. The van der Waals surface area contributed by atoms with Crippen LogP contribution in [0.2, 0.25) is 5.02 Å². The molecule has 1 N–H and O–H groups in total. The quantitative estimate of drug-likeness (QED) is 0.425. The molecule has 0 radical (unpaired) electrons. The minimum Gasteiger partial charge on any atom is -0.349 e. The fourth-order valence-corrected chi connectivity index (χ4v) is 4.06. The first-order valence-electron chi connectivity index (χ1n) is 10.6. The molecule has 0 spiro atoms. The first kappa shape index (κ1) is 22.0. The number of carbonyl (C=O) groups is 1. The van der Waals surface area contributed by atoms with Gasteiger partial charge in [-0.25, -0.2) is 4.68 Å². The highest BCUT2D eigenvalue weighted by atomic mass is 35.5. The van der Waals surface area contributed by atoms with E-state index in [-0.39, 0.29) is 11.6 Å². The lowest BCUT2D eigenvalue weighted by molar-refractivity contribution is -0.384. The minimum absolute atomic E-state index is 0.00466. The van der Waals surface area contributed by atoms with E-state index in [1.165, 1.54) is 36.1 Å². The van der Waals surface area contributed by atoms with Crippen molar-refractivity contribution >= 4 is 23.2 Å². The standard InChI is InChI=1S/C23H24ClN5O3/c24-19-6-2-3-7-21(19)28-22(23(30)25-12-15-27-13-4-1-5-14-27)16-20(26-28)17-8-10-18(11-9-17)29(31)32/h2-3,6-11,16H,1,4-5,12-15H2,(H,25,30). The van der Waals surface area contributed by atoms with Crippen molar-refractivity contribution in [1.29, 1.82) is 0 Å². The first-order chi connectivity index (χ1) is 15.5. The Kier molecular flexibility index (Phi) is 6.82. The summed E-state index contributed by atoms with van der Waals surface area (Å²) in [6.45, 7) is 3.48. The minimum atomic E-state index is -0.451. The van der Waals surface area contributed by atoms with Gasteiger partial charge in [-0.1, -0.05) is 30.2 Å². The molecule has 0 aliphatic carbocycles. The number of nitrogens with zero attached hydrogens (tertiary/aromatic N) is 4. The van der Waals surface area contributed by atoms with Gasteiger partial charge in [0.05, 0.1) is 21.3 Å². The van der Waals surface area contributed by atoms with Gasteiger partial charge in [-0.05, 0) is 56.3 Å². The average molecular weight is 454 g/mol. The number of benzene rings is 2. The van der Waals surface area contributed by atoms with Gasteiger partial charge >= 0.3 is 0 Å². The molecule has 0 unspecified atom stereocenters. The zero-order valence-corrected chi connectivity index (χ0v) is 18.3. The van der Waals surface area contributed by atoms with Crippen LogP contribution in [0.4, 0.5) is 5.69 Å². The maximum atomic E-state index is 13.1. The average Bonchev–Trinajstić information content (AvgIpc) is 3.25. The summed E-state index contributed by atoms with van der Waals surface area (Å²) in [6.07, 6.45) is 3.67. The van der Waals surface area contributed by atoms with Crippen LogP contribution in [0.5, 0.6) is 0 Å². The van der Waals surface area contributed by atoms with Crippen LogP contribution < -0.4 is 5.32 Å². The summed E-state index contributed by atoms with van der Waals surface area (Å²) in [6, 6.07) is 14.9. The normalized spacial score (nSPS) is 14.3. The zero-order chi connectivity index (χ0) is 22.5. The van der Waals surface area contributed by atoms with E-state index >= 15 is 0 Å². The predicted octanol–water partition coefficient (Wildman–Crippen LogP) is 4.32. The topological polar surface area (TPSA) is 93.3 Å². The first-order valence-corrected chi connectivity index (χ1v) is 11.0. The van der Waals surface area contributed by atoms with Gasteiger partial charge in [0.15, 0.2) is 0 Å². The Labute approximate surface area is 190 Å². The number of hydrogen-bond acceptors (Lipinski definition) is 5. The monoisotopic (exact) mass is 453 g/mol. The Bertz CT molecular complexity index is 1110. The number of aromatic nitrogens is 2. The van der Waals surface area contributed by atoms with Gasteiger partial charge in [0.25, 0.3) is 11.6 Å². The smallest absolute Gasteiger partial charge is 0.270 e. The Morgan fingerprint density at radius 1 is 1.09 bits per heavy atom. The van der Waals surface area contributed by atoms with Crippen LogP contribution in [0.3, 0.4) is 0 Å². The number of hydrogen-bond donors (Lipinski definition) is 1. The van der Waals surface area contributed by atoms with Crippen LogP contribution in [-0.4, -0.2) is 51.7 Å². The number of nitro groups is 1. The zero-order valence-electron chi connectivity index (χ0n) is 17.5. The second-order valence-electron chi connectivity index (χ2n) is 7.74. The maximum Gasteiger partial charge on any atom is 0.270 e. The molecule has 1 aliphatic rings. The maximum absolute atomic E-state index is 13.1. The summed E-state index contributed by atoms with van der Waals surface area (Å²) in [5.74, 6) is -0.248. The molecule has 0 bridgehead atoms. The Morgan fingerprint density at radius 3 is 2.50 bits per heavy atom. The highest BCUT2D eigenvalue weighted by Gasteiger charge is 2.20. The molecule has 3 aromatic rings. The summed E-state index contributed by atoms with van der Waals surface area (Å²) < 4.78 is 1.52. The van der Waals surface area contributed by atoms with Crippen LogP contribution in [0, 0.1) is 10.1 Å². The predicted molar refractivity (Wildman–Crippen MR) is 123 cm³/mol. The molecular formula is C23H24ClN5O3. The number of halogens is 1. The molecule has 8 nitrogen and oxygen atoms in total. The molecule has 0 saturated carbocycles. The molecule has 1 amide bonds. The lowest BCUT2D eigenvalue weighted by Gasteiger charge is -2.26. The summed E-state index contributed by atoms with van der Waals surface area (Å²) >= 11 is 6.38. The van der Waals surface area contributed by atoms with Crippen LogP contribution in [0.15, 0.2) is 54.6 Å². The number of carbonyl (C=O) groups excluding carboxylic acids is 1. The molecular weight excluding hydrogens is 430 g/mol. The number of nitrogens with one attached hydrogen (secondary N) is 1. The third-order valence-electron chi connectivity index (χ3n) is 5.56. The van der Waals surface area contributed by atoms with E-state index in [0.717, 1.165) is 19.6 Å². The third-order valence-corrected chi connectivity index (χ3v) is 5.88. The van der Waals surface area contributed by atoms with Crippen molar-refractivity contribution in [1.82, 2.24) is 20.0 Å². The summed E-state index contributed by atoms with van der Waals surface area (Å²) in [7, 11) is 0. The van der Waals surface area contributed by atoms with Gasteiger partial charge in [0, 0.05) is 30.8 Å². The van der Waals surface area contributed by atoms with Gasteiger partial charge in [-0.15, -0.1) is 0 Å². The summed E-state index contributed by atoms with van der Waals surface area (Å²) in [4.78, 5) is 25.9.